The van der Waals surface area contributed by atoms with E-state index in [1.807, 2.05) is 18.4 Å². The number of nitro groups is 1. The average Bonchev–Trinajstić information content (AvgIpc) is 3.15. The zero-order valence-corrected chi connectivity index (χ0v) is 13.3. The maximum absolute atomic E-state index is 14.4. The van der Waals surface area contributed by atoms with E-state index in [1.165, 1.54) is 22.6 Å². The maximum Gasteiger partial charge on any atom is 0.275 e. The maximum atomic E-state index is 14.4. The van der Waals surface area contributed by atoms with Crippen molar-refractivity contribution in [1.82, 2.24) is 0 Å². The molecule has 23 heavy (non-hydrogen) atoms. The van der Waals surface area contributed by atoms with Crippen LogP contribution in [-0.2, 0) is 0 Å². The minimum atomic E-state index is -0.427. The Balaban J connectivity index is 1.90. The van der Waals surface area contributed by atoms with Crippen LogP contribution in [0.15, 0.2) is 35.7 Å². The SMILES string of the molecule is Cc1ccsc1C1Nc2c(F)ccc([N+](=O)[O-])c2C2C=CCC21. The van der Waals surface area contributed by atoms with Gasteiger partial charge in [0.05, 0.1) is 22.2 Å². The molecule has 2 heterocycles. The molecule has 0 amide bonds. The van der Waals surface area contributed by atoms with E-state index in [-0.39, 0.29) is 29.3 Å². The molecule has 6 heteroatoms. The Hall–Kier alpha value is -2.21. The lowest BCUT2D eigenvalue weighted by molar-refractivity contribution is -0.385. The number of nitrogens with zero attached hydrogens (tertiary/aromatic N) is 1. The van der Waals surface area contributed by atoms with Gasteiger partial charge in [-0.3, -0.25) is 10.1 Å². The van der Waals surface area contributed by atoms with Gasteiger partial charge in [-0.05, 0) is 42.3 Å². The van der Waals surface area contributed by atoms with Crippen LogP contribution in [0.25, 0.3) is 0 Å². The van der Waals surface area contributed by atoms with Crippen molar-refractivity contribution in [2.45, 2.75) is 25.3 Å². The van der Waals surface area contributed by atoms with Crippen LogP contribution in [0.1, 0.15) is 34.4 Å². The molecular weight excluding hydrogens is 315 g/mol. The molecule has 0 saturated heterocycles. The number of nitrogens with one attached hydrogen (secondary N) is 1. The summed E-state index contributed by atoms with van der Waals surface area (Å²) in [6, 6.07) is 4.49. The number of halogens is 1. The first-order valence-corrected chi connectivity index (χ1v) is 8.40. The van der Waals surface area contributed by atoms with E-state index in [2.05, 4.69) is 17.5 Å². The lowest BCUT2D eigenvalue weighted by Gasteiger charge is -2.36. The third-order valence-corrected chi connectivity index (χ3v) is 5.93. The van der Waals surface area contributed by atoms with Crippen LogP contribution in [0, 0.1) is 28.8 Å². The van der Waals surface area contributed by atoms with Crippen molar-refractivity contribution in [2.75, 3.05) is 5.32 Å². The fraction of sp³-hybridized carbons (Fsp3) is 0.294. The van der Waals surface area contributed by atoms with E-state index in [9.17, 15) is 14.5 Å². The number of aryl methyl sites for hydroxylation is 1. The highest BCUT2D eigenvalue weighted by atomic mass is 32.1. The van der Waals surface area contributed by atoms with Gasteiger partial charge in [0, 0.05) is 16.9 Å². The number of nitro benzene ring substituents is 1. The highest BCUT2D eigenvalue weighted by molar-refractivity contribution is 7.10. The van der Waals surface area contributed by atoms with Crippen LogP contribution in [-0.4, -0.2) is 4.92 Å². The Morgan fingerprint density at radius 1 is 1.39 bits per heavy atom. The predicted molar refractivity (Wildman–Crippen MR) is 88.5 cm³/mol. The predicted octanol–water partition coefficient (Wildman–Crippen LogP) is 4.93. The highest BCUT2D eigenvalue weighted by Crippen LogP contribution is 2.54. The quantitative estimate of drug-likeness (QED) is 0.482. The lowest BCUT2D eigenvalue weighted by atomic mass is 9.77. The number of anilines is 1. The Morgan fingerprint density at radius 2 is 2.22 bits per heavy atom. The summed E-state index contributed by atoms with van der Waals surface area (Å²) in [6.07, 6.45) is 4.89. The van der Waals surface area contributed by atoms with Crippen molar-refractivity contribution in [1.29, 1.82) is 0 Å². The molecule has 4 nitrogen and oxygen atoms in total. The summed E-state index contributed by atoms with van der Waals surface area (Å²) in [7, 11) is 0. The summed E-state index contributed by atoms with van der Waals surface area (Å²) < 4.78 is 14.4. The summed E-state index contributed by atoms with van der Waals surface area (Å²) >= 11 is 1.65. The summed E-state index contributed by atoms with van der Waals surface area (Å²) in [5, 5.41) is 16.7. The van der Waals surface area contributed by atoms with Crippen LogP contribution in [0.5, 0.6) is 0 Å². The van der Waals surface area contributed by atoms with Crippen molar-refractivity contribution in [3.05, 3.63) is 67.7 Å². The average molecular weight is 330 g/mol. The normalized spacial score (nSPS) is 24.9. The molecule has 0 fully saturated rings. The van der Waals surface area contributed by atoms with Gasteiger partial charge in [-0.1, -0.05) is 12.2 Å². The van der Waals surface area contributed by atoms with E-state index < -0.39 is 10.7 Å². The van der Waals surface area contributed by atoms with Gasteiger partial charge >= 0.3 is 0 Å². The molecule has 1 aliphatic carbocycles. The molecule has 0 bridgehead atoms. The van der Waals surface area contributed by atoms with Crippen molar-refractivity contribution >= 4 is 22.7 Å². The van der Waals surface area contributed by atoms with E-state index in [0.717, 1.165) is 6.42 Å². The zero-order valence-electron chi connectivity index (χ0n) is 12.5. The highest BCUT2D eigenvalue weighted by Gasteiger charge is 2.43. The minimum absolute atomic E-state index is 0.00296. The molecule has 3 atom stereocenters. The number of allylic oxidation sites excluding steroid dienone is 2. The second kappa shape index (κ2) is 5.16. The van der Waals surface area contributed by atoms with Gasteiger partial charge in [0.2, 0.25) is 0 Å². The van der Waals surface area contributed by atoms with E-state index in [0.29, 0.717) is 5.56 Å². The number of thiophene rings is 1. The third kappa shape index (κ3) is 2.09. The van der Waals surface area contributed by atoms with Gasteiger partial charge in [-0.25, -0.2) is 4.39 Å². The number of rotatable bonds is 2. The molecule has 1 aliphatic heterocycles. The Bertz CT molecular complexity index is 830. The van der Waals surface area contributed by atoms with Crippen molar-refractivity contribution < 1.29 is 9.31 Å². The molecule has 0 spiro atoms. The van der Waals surface area contributed by atoms with Crippen LogP contribution in [0.4, 0.5) is 15.8 Å². The van der Waals surface area contributed by atoms with Crippen molar-refractivity contribution in [3.63, 3.8) is 0 Å². The summed E-state index contributed by atoms with van der Waals surface area (Å²) in [5.74, 6) is -0.363. The number of fused-ring (bicyclic) bond motifs is 3. The molecule has 1 aromatic heterocycles. The first kappa shape index (κ1) is 14.4. The second-order valence-corrected chi connectivity index (χ2v) is 7.00. The minimum Gasteiger partial charge on any atom is -0.374 e. The van der Waals surface area contributed by atoms with Crippen LogP contribution < -0.4 is 5.32 Å². The van der Waals surface area contributed by atoms with Gasteiger partial charge in [-0.15, -0.1) is 11.3 Å². The number of hydrogen-bond donors (Lipinski definition) is 1. The molecule has 2 aliphatic rings. The fourth-order valence-electron chi connectivity index (χ4n) is 3.78. The van der Waals surface area contributed by atoms with E-state index in [1.54, 1.807) is 11.3 Å². The largest absolute Gasteiger partial charge is 0.374 e. The first-order chi connectivity index (χ1) is 11.1. The smallest absolute Gasteiger partial charge is 0.275 e. The molecule has 0 saturated carbocycles. The van der Waals surface area contributed by atoms with Gasteiger partial charge in [-0.2, -0.15) is 0 Å². The molecule has 1 N–H and O–H groups in total. The molecule has 3 unspecified atom stereocenters. The van der Waals surface area contributed by atoms with Crippen LogP contribution in [0.3, 0.4) is 0 Å². The third-order valence-electron chi connectivity index (χ3n) is 4.83. The van der Waals surface area contributed by atoms with Gasteiger partial charge in [0.25, 0.3) is 5.69 Å². The monoisotopic (exact) mass is 330 g/mol. The van der Waals surface area contributed by atoms with Gasteiger partial charge in [0.1, 0.15) is 5.82 Å². The molecule has 118 valence electrons. The van der Waals surface area contributed by atoms with Crippen molar-refractivity contribution in [3.8, 4) is 0 Å². The number of benzene rings is 1. The molecule has 2 aromatic rings. The molecule has 4 rings (SSSR count). The van der Waals surface area contributed by atoms with Gasteiger partial charge < -0.3 is 5.32 Å². The van der Waals surface area contributed by atoms with Crippen molar-refractivity contribution in [2.24, 2.45) is 5.92 Å². The molecular formula is C17H15FN2O2S. The molecule has 0 radical (unpaired) electrons. The second-order valence-electron chi connectivity index (χ2n) is 6.06. The lowest BCUT2D eigenvalue weighted by Crippen LogP contribution is -2.30. The summed E-state index contributed by atoms with van der Waals surface area (Å²) in [6.45, 7) is 2.05. The summed E-state index contributed by atoms with van der Waals surface area (Å²) in [4.78, 5) is 12.1. The fourth-order valence-corrected chi connectivity index (χ4v) is 4.83. The van der Waals surface area contributed by atoms with E-state index in [4.69, 9.17) is 0 Å². The van der Waals surface area contributed by atoms with Gasteiger partial charge in [0.15, 0.2) is 0 Å². The molecule has 1 aromatic carbocycles. The van der Waals surface area contributed by atoms with Crippen LogP contribution in [0.2, 0.25) is 0 Å². The topological polar surface area (TPSA) is 55.2 Å². The first-order valence-electron chi connectivity index (χ1n) is 7.52. The Morgan fingerprint density at radius 3 is 2.91 bits per heavy atom. The van der Waals surface area contributed by atoms with Crippen LogP contribution >= 0.6 is 11.3 Å². The Labute approximate surface area is 136 Å². The zero-order chi connectivity index (χ0) is 16.1. The summed E-state index contributed by atoms with van der Waals surface area (Å²) in [5.41, 5.74) is 1.94. The Kier molecular flexibility index (Phi) is 3.23. The standard InChI is InChI=1S/C17H15FN2O2S/c1-9-7-8-23-17(9)15-11-4-2-3-10(11)14-13(20(21)22)6-5-12(18)16(14)19-15/h2-3,5-8,10-11,15,19H,4H2,1H3. The van der Waals surface area contributed by atoms with E-state index >= 15 is 0 Å². The number of hydrogen-bond acceptors (Lipinski definition) is 4.